The topological polar surface area (TPSA) is 36.3 Å². The summed E-state index contributed by atoms with van der Waals surface area (Å²) in [4.78, 5) is 2.13. The number of likely N-dealkylation sites (N-methyl/N-ethyl adjacent to an activating group) is 1. The molecule has 0 spiro atoms. The summed E-state index contributed by atoms with van der Waals surface area (Å²) in [5.41, 5.74) is 2.83. The summed E-state index contributed by atoms with van der Waals surface area (Å²) in [7, 11) is 1.61. The van der Waals surface area contributed by atoms with Crippen LogP contribution in [0.5, 0.6) is 5.75 Å². The maximum atomic E-state index is 14.3. The van der Waals surface area contributed by atoms with Gasteiger partial charge in [-0.15, -0.1) is 0 Å². The summed E-state index contributed by atoms with van der Waals surface area (Å²) in [5.74, 6) is -0.420. The highest BCUT2D eigenvalue weighted by Gasteiger charge is 2.43. The van der Waals surface area contributed by atoms with Crippen LogP contribution in [0.4, 0.5) is 14.5 Å². The number of fused-ring (bicyclic) bond motifs is 1. The van der Waals surface area contributed by atoms with Crippen LogP contribution in [0.25, 0.3) is 0 Å². The molecule has 0 aromatic heterocycles. The van der Waals surface area contributed by atoms with Crippen LogP contribution in [0.3, 0.4) is 0 Å². The van der Waals surface area contributed by atoms with Crippen LogP contribution in [-0.4, -0.2) is 19.9 Å². The first-order chi connectivity index (χ1) is 12.4. The van der Waals surface area contributed by atoms with Crippen molar-refractivity contribution in [2.75, 3.05) is 18.6 Å². The first kappa shape index (κ1) is 18.1. The van der Waals surface area contributed by atoms with Crippen molar-refractivity contribution in [3.63, 3.8) is 0 Å². The van der Waals surface area contributed by atoms with Gasteiger partial charge in [0.2, 0.25) is 0 Å². The number of halogens is 2. The van der Waals surface area contributed by atoms with Gasteiger partial charge in [0, 0.05) is 35.6 Å². The number of allylic oxidation sites excluding steroid dienone is 2. The van der Waals surface area contributed by atoms with Crippen LogP contribution < -0.4 is 9.64 Å². The Hall–Kier alpha value is -2.69. The van der Waals surface area contributed by atoms with Crippen molar-refractivity contribution in [1.82, 2.24) is 0 Å². The highest BCUT2D eigenvalue weighted by Crippen LogP contribution is 2.50. The molecule has 2 aromatic carbocycles. The molecule has 0 aliphatic carbocycles. The lowest BCUT2D eigenvalue weighted by Crippen LogP contribution is -2.31. The minimum Gasteiger partial charge on any atom is -0.497 e. The van der Waals surface area contributed by atoms with Crippen LogP contribution in [0, 0.1) is 17.0 Å². The van der Waals surface area contributed by atoms with Gasteiger partial charge in [0.1, 0.15) is 17.4 Å². The van der Waals surface area contributed by atoms with Gasteiger partial charge >= 0.3 is 0 Å². The number of nitrogens with zero attached hydrogens (tertiary/aromatic N) is 1. The molecule has 0 saturated heterocycles. The fraction of sp³-hybridized carbons (Fsp3) is 0.286. The Balaban J connectivity index is 2.18. The van der Waals surface area contributed by atoms with Crippen molar-refractivity contribution in [3.8, 4) is 5.75 Å². The fourth-order valence-electron chi connectivity index (χ4n) is 3.81. The van der Waals surface area contributed by atoms with Crippen molar-refractivity contribution < 1.29 is 13.5 Å². The van der Waals surface area contributed by atoms with Gasteiger partial charge in [0.05, 0.1) is 7.11 Å². The number of methoxy groups -OCH3 is 1. The van der Waals surface area contributed by atoms with Crippen molar-refractivity contribution in [3.05, 3.63) is 70.9 Å². The van der Waals surface area contributed by atoms with E-state index in [0.29, 0.717) is 12.0 Å². The van der Waals surface area contributed by atoms with E-state index in [1.54, 1.807) is 13.2 Å². The summed E-state index contributed by atoms with van der Waals surface area (Å²) < 4.78 is 33.0. The highest BCUT2D eigenvalue weighted by molar-refractivity contribution is 5.79. The SMILES string of the molecule is CCN1/C(=C\C=N)C(C)(Cc2ccc(F)cc2F)c2cc(OC)ccc21. The minimum atomic E-state index is -0.588. The second-order valence-electron chi connectivity index (χ2n) is 6.59. The zero-order chi connectivity index (χ0) is 18.9. The van der Waals surface area contributed by atoms with Gasteiger partial charge in [0.25, 0.3) is 0 Å². The summed E-state index contributed by atoms with van der Waals surface area (Å²) in [5, 5.41) is 7.57. The van der Waals surface area contributed by atoms with E-state index in [-0.39, 0.29) is 0 Å². The maximum absolute atomic E-state index is 14.3. The molecule has 1 aliphatic rings. The lowest BCUT2D eigenvalue weighted by Gasteiger charge is -2.30. The average molecular weight is 356 g/mol. The number of hydrogen-bond donors (Lipinski definition) is 1. The molecule has 136 valence electrons. The van der Waals surface area contributed by atoms with Crippen LogP contribution in [0.15, 0.2) is 48.2 Å². The molecule has 1 atom stereocenters. The zero-order valence-electron chi connectivity index (χ0n) is 15.1. The molecule has 0 saturated carbocycles. The summed E-state index contributed by atoms with van der Waals surface area (Å²) in [6.07, 6.45) is 3.35. The smallest absolute Gasteiger partial charge is 0.129 e. The molecular formula is C21H22F2N2O. The third-order valence-corrected chi connectivity index (χ3v) is 5.06. The largest absolute Gasteiger partial charge is 0.497 e. The van der Waals surface area contributed by atoms with E-state index in [1.165, 1.54) is 18.3 Å². The molecule has 0 amide bonds. The molecule has 3 rings (SSSR count). The van der Waals surface area contributed by atoms with Crippen LogP contribution in [0.1, 0.15) is 25.0 Å². The Morgan fingerprint density at radius 1 is 1.19 bits per heavy atom. The number of nitrogens with one attached hydrogen (secondary N) is 1. The molecular weight excluding hydrogens is 334 g/mol. The molecule has 5 heteroatoms. The zero-order valence-corrected chi connectivity index (χ0v) is 15.1. The van der Waals surface area contributed by atoms with Crippen molar-refractivity contribution in [2.24, 2.45) is 0 Å². The highest BCUT2D eigenvalue weighted by atomic mass is 19.1. The summed E-state index contributed by atoms with van der Waals surface area (Å²) >= 11 is 0. The Kier molecular flexibility index (Phi) is 4.81. The third kappa shape index (κ3) is 2.87. The Morgan fingerprint density at radius 2 is 1.96 bits per heavy atom. The first-order valence-corrected chi connectivity index (χ1v) is 8.55. The molecule has 26 heavy (non-hydrogen) atoms. The Bertz CT molecular complexity index is 878. The lowest BCUT2D eigenvalue weighted by atomic mass is 9.76. The molecule has 2 aromatic rings. The van der Waals surface area contributed by atoms with Crippen LogP contribution in [-0.2, 0) is 11.8 Å². The van der Waals surface area contributed by atoms with E-state index in [9.17, 15) is 8.78 Å². The van der Waals surface area contributed by atoms with Crippen LogP contribution >= 0.6 is 0 Å². The molecule has 1 N–H and O–H groups in total. The van der Waals surface area contributed by atoms with Crippen molar-refractivity contribution in [1.29, 1.82) is 5.41 Å². The van der Waals surface area contributed by atoms with E-state index in [0.717, 1.165) is 35.3 Å². The van der Waals surface area contributed by atoms with Gasteiger partial charge in [-0.1, -0.05) is 6.07 Å². The van der Waals surface area contributed by atoms with E-state index in [1.807, 2.05) is 32.0 Å². The third-order valence-electron chi connectivity index (χ3n) is 5.06. The number of hydrogen-bond acceptors (Lipinski definition) is 3. The molecule has 1 aliphatic heterocycles. The van der Waals surface area contributed by atoms with Gasteiger partial charge in [0.15, 0.2) is 0 Å². The fourth-order valence-corrected chi connectivity index (χ4v) is 3.81. The van der Waals surface area contributed by atoms with Gasteiger partial charge in [-0.2, -0.15) is 0 Å². The summed E-state index contributed by atoms with van der Waals surface area (Å²) in [6.45, 7) is 4.79. The van der Waals surface area contributed by atoms with Gasteiger partial charge in [-0.25, -0.2) is 8.78 Å². The maximum Gasteiger partial charge on any atom is 0.129 e. The van der Waals surface area contributed by atoms with Crippen molar-refractivity contribution >= 4 is 11.9 Å². The van der Waals surface area contributed by atoms with Crippen LogP contribution in [0.2, 0.25) is 0 Å². The number of ether oxygens (including phenoxy) is 1. The van der Waals surface area contributed by atoms with E-state index < -0.39 is 17.0 Å². The first-order valence-electron chi connectivity index (χ1n) is 8.55. The Labute approximate surface area is 152 Å². The Morgan fingerprint density at radius 3 is 2.58 bits per heavy atom. The second kappa shape index (κ2) is 6.90. The molecule has 1 heterocycles. The average Bonchev–Trinajstić information content (AvgIpc) is 2.86. The normalized spacial score (nSPS) is 20.3. The predicted octanol–water partition coefficient (Wildman–Crippen LogP) is 4.85. The minimum absolute atomic E-state index is 0.357. The standard InChI is InChI=1S/C21H22F2N2O/c1-4-25-19-8-7-16(26-3)12-17(19)21(2,20(25)9-10-24)13-14-5-6-15(22)11-18(14)23/h5-12,24H,4,13H2,1-3H3/b20-9-,24-10?. The second-order valence-corrected chi connectivity index (χ2v) is 6.59. The number of rotatable bonds is 5. The molecule has 0 radical (unpaired) electrons. The summed E-state index contributed by atoms with van der Waals surface area (Å²) in [6, 6.07) is 9.53. The van der Waals surface area contributed by atoms with Gasteiger partial charge < -0.3 is 15.0 Å². The van der Waals surface area contributed by atoms with E-state index in [4.69, 9.17) is 10.1 Å². The molecule has 0 fully saturated rings. The van der Waals surface area contributed by atoms with E-state index >= 15 is 0 Å². The quantitative estimate of drug-likeness (QED) is 0.778. The number of anilines is 1. The molecule has 3 nitrogen and oxygen atoms in total. The van der Waals surface area contributed by atoms with Crippen molar-refractivity contribution in [2.45, 2.75) is 25.7 Å². The predicted molar refractivity (Wildman–Crippen MR) is 100 cm³/mol. The van der Waals surface area contributed by atoms with Gasteiger partial charge in [-0.05, 0) is 61.7 Å². The van der Waals surface area contributed by atoms with Gasteiger partial charge in [-0.3, -0.25) is 0 Å². The molecule has 1 unspecified atom stereocenters. The number of benzene rings is 2. The van der Waals surface area contributed by atoms with E-state index in [2.05, 4.69) is 4.90 Å². The lowest BCUT2D eigenvalue weighted by molar-refractivity contribution is 0.413. The monoisotopic (exact) mass is 356 g/mol. The molecule has 0 bridgehead atoms.